The van der Waals surface area contributed by atoms with Crippen LogP contribution in [0.25, 0.3) is 32.1 Å². The van der Waals surface area contributed by atoms with Gasteiger partial charge in [-0.3, -0.25) is 14.3 Å². The lowest BCUT2D eigenvalue weighted by Gasteiger charge is -2.16. The quantitative estimate of drug-likeness (QED) is 0.282. The molecule has 0 aliphatic rings. The molecule has 1 N–H and O–H groups in total. The summed E-state index contributed by atoms with van der Waals surface area (Å²) in [5.74, 6) is 0.0545. The van der Waals surface area contributed by atoms with Gasteiger partial charge in [-0.15, -0.1) is 11.3 Å². The van der Waals surface area contributed by atoms with Crippen LogP contribution in [0.2, 0.25) is 5.02 Å². The molecule has 2 aromatic carbocycles. The van der Waals surface area contributed by atoms with Crippen LogP contribution in [0.15, 0.2) is 46.7 Å². The Kier molecular flexibility index (Phi) is 6.61. The number of rotatable bonds is 6. The fraction of sp³-hybridized carbons (Fsp3) is 0.179. The molecule has 0 amide bonds. The molecule has 190 valence electrons. The lowest BCUT2D eigenvalue weighted by molar-refractivity contribution is 0.0699. The number of carbonyl (C=O) groups is 1. The number of ether oxygens (including phenoxy) is 1. The Morgan fingerprint density at radius 2 is 1.97 bits per heavy atom. The van der Waals surface area contributed by atoms with Gasteiger partial charge in [-0.2, -0.15) is 5.26 Å². The Morgan fingerprint density at radius 3 is 2.71 bits per heavy atom. The highest BCUT2D eigenvalue weighted by molar-refractivity contribution is 7.18. The van der Waals surface area contributed by atoms with Gasteiger partial charge >= 0.3 is 5.97 Å². The van der Waals surface area contributed by atoms with Gasteiger partial charge in [0.2, 0.25) is 0 Å². The molecule has 0 saturated carbocycles. The first-order chi connectivity index (χ1) is 18.2. The Balaban J connectivity index is 1.52. The van der Waals surface area contributed by atoms with Crippen molar-refractivity contribution in [3.63, 3.8) is 0 Å². The SMILES string of the molecule is Cc1ncc(C#N)c2c(=O)n(CCOc3ccc(Cl)cc3-c3ccc(C)c4c(C(=O)O)csc34)c(C)nc12. The largest absolute Gasteiger partial charge is 0.491 e. The summed E-state index contributed by atoms with van der Waals surface area (Å²) in [6.07, 6.45) is 1.39. The number of aromatic nitrogens is 3. The minimum absolute atomic E-state index is 0.147. The summed E-state index contributed by atoms with van der Waals surface area (Å²) in [5, 5.41) is 22.2. The summed E-state index contributed by atoms with van der Waals surface area (Å²) < 4.78 is 8.47. The van der Waals surface area contributed by atoms with Crippen molar-refractivity contribution in [1.82, 2.24) is 14.5 Å². The Labute approximate surface area is 226 Å². The average Bonchev–Trinajstić information content (AvgIpc) is 3.34. The average molecular weight is 545 g/mol. The first-order valence-corrected chi connectivity index (χ1v) is 12.9. The molecule has 5 aromatic rings. The van der Waals surface area contributed by atoms with Crippen LogP contribution in [0.3, 0.4) is 0 Å². The van der Waals surface area contributed by atoms with Crippen LogP contribution in [0.1, 0.15) is 33.0 Å². The molecule has 10 heteroatoms. The van der Waals surface area contributed by atoms with Crippen molar-refractivity contribution in [1.29, 1.82) is 5.26 Å². The number of carboxylic acids is 1. The molecular weight excluding hydrogens is 524 g/mol. The second-order valence-electron chi connectivity index (χ2n) is 8.79. The topological polar surface area (TPSA) is 118 Å². The van der Waals surface area contributed by atoms with E-state index in [4.69, 9.17) is 16.3 Å². The van der Waals surface area contributed by atoms with Crippen LogP contribution < -0.4 is 10.3 Å². The molecule has 5 rings (SSSR count). The second kappa shape index (κ2) is 9.89. The van der Waals surface area contributed by atoms with Crippen LogP contribution in [0.4, 0.5) is 0 Å². The van der Waals surface area contributed by atoms with E-state index in [1.165, 1.54) is 22.1 Å². The summed E-state index contributed by atoms with van der Waals surface area (Å²) in [4.78, 5) is 33.8. The monoisotopic (exact) mass is 544 g/mol. The maximum Gasteiger partial charge on any atom is 0.337 e. The minimum atomic E-state index is -0.977. The van der Waals surface area contributed by atoms with Gasteiger partial charge in [-0.05, 0) is 44.5 Å². The van der Waals surface area contributed by atoms with E-state index in [0.717, 1.165) is 21.4 Å². The molecule has 0 fully saturated rings. The number of pyridine rings is 1. The number of hydrogen-bond donors (Lipinski definition) is 1. The zero-order valence-electron chi connectivity index (χ0n) is 20.7. The van der Waals surface area contributed by atoms with Gasteiger partial charge in [0, 0.05) is 37.8 Å². The van der Waals surface area contributed by atoms with Crippen molar-refractivity contribution in [3.05, 3.63) is 85.5 Å². The highest BCUT2D eigenvalue weighted by Crippen LogP contribution is 2.41. The molecule has 0 aliphatic heterocycles. The molecule has 0 aliphatic carbocycles. The smallest absolute Gasteiger partial charge is 0.337 e. The van der Waals surface area contributed by atoms with Crippen molar-refractivity contribution in [2.45, 2.75) is 27.3 Å². The van der Waals surface area contributed by atoms with Crippen molar-refractivity contribution in [2.24, 2.45) is 0 Å². The third-order valence-electron chi connectivity index (χ3n) is 6.44. The fourth-order valence-electron chi connectivity index (χ4n) is 4.57. The van der Waals surface area contributed by atoms with E-state index >= 15 is 0 Å². The Bertz CT molecular complexity index is 1870. The van der Waals surface area contributed by atoms with Crippen LogP contribution >= 0.6 is 22.9 Å². The first kappa shape index (κ1) is 25.4. The van der Waals surface area contributed by atoms with Gasteiger partial charge in [0.25, 0.3) is 5.56 Å². The molecule has 0 atom stereocenters. The number of halogens is 1. The van der Waals surface area contributed by atoms with Crippen LogP contribution in [-0.4, -0.2) is 32.2 Å². The number of fused-ring (bicyclic) bond motifs is 2. The number of thiophene rings is 1. The van der Waals surface area contributed by atoms with Crippen molar-refractivity contribution in [3.8, 4) is 22.9 Å². The van der Waals surface area contributed by atoms with Crippen molar-refractivity contribution < 1.29 is 14.6 Å². The molecule has 0 unspecified atom stereocenters. The van der Waals surface area contributed by atoms with Crippen molar-refractivity contribution in [2.75, 3.05) is 6.61 Å². The molecule has 38 heavy (non-hydrogen) atoms. The molecule has 8 nitrogen and oxygen atoms in total. The number of nitrogens with zero attached hydrogens (tertiary/aromatic N) is 4. The fourth-order valence-corrected chi connectivity index (χ4v) is 5.89. The summed E-state index contributed by atoms with van der Waals surface area (Å²) in [6.45, 7) is 5.71. The minimum Gasteiger partial charge on any atom is -0.491 e. The Hall–Kier alpha value is -4.26. The zero-order valence-corrected chi connectivity index (χ0v) is 22.3. The maximum absolute atomic E-state index is 13.3. The summed E-state index contributed by atoms with van der Waals surface area (Å²) >= 11 is 7.70. The van der Waals surface area contributed by atoms with E-state index in [1.54, 1.807) is 37.4 Å². The molecular formula is C28H21ClN4O4S. The van der Waals surface area contributed by atoms with E-state index in [2.05, 4.69) is 9.97 Å². The molecule has 0 radical (unpaired) electrons. The van der Waals surface area contributed by atoms with Gasteiger partial charge in [0.05, 0.1) is 28.8 Å². The van der Waals surface area contributed by atoms with Crippen LogP contribution in [0, 0.1) is 32.1 Å². The predicted molar refractivity (Wildman–Crippen MR) is 147 cm³/mol. The summed E-state index contributed by atoms with van der Waals surface area (Å²) in [5.41, 5.74) is 3.51. The van der Waals surface area contributed by atoms with Crippen molar-refractivity contribution >= 4 is 49.9 Å². The van der Waals surface area contributed by atoms with E-state index < -0.39 is 5.97 Å². The van der Waals surface area contributed by atoms with E-state index in [-0.39, 0.29) is 35.2 Å². The molecule has 0 bridgehead atoms. The number of nitriles is 1. The number of hydrogen-bond acceptors (Lipinski definition) is 7. The predicted octanol–water partition coefficient (Wildman–Crippen LogP) is 5.90. The van der Waals surface area contributed by atoms with E-state index in [9.17, 15) is 20.0 Å². The van der Waals surface area contributed by atoms with Gasteiger partial charge in [0.1, 0.15) is 29.8 Å². The van der Waals surface area contributed by atoms with Crippen LogP contribution in [0.5, 0.6) is 5.75 Å². The third-order valence-corrected chi connectivity index (χ3v) is 7.69. The van der Waals surface area contributed by atoms with E-state index in [0.29, 0.717) is 33.2 Å². The second-order valence-corrected chi connectivity index (χ2v) is 10.1. The van der Waals surface area contributed by atoms with E-state index in [1.807, 2.05) is 25.1 Å². The Morgan fingerprint density at radius 1 is 1.18 bits per heavy atom. The highest BCUT2D eigenvalue weighted by atomic mass is 35.5. The standard InChI is InChI=1S/C28H21ClN4O4S/c1-14-4-6-19(26-23(14)21(13-38-26)28(35)36)20-10-18(29)5-7-22(20)37-9-8-33-16(3)32-25-15(2)31-12-17(11-30)24(25)27(33)34/h4-7,10,12-13H,8-9H2,1-3H3,(H,35,36). The van der Waals surface area contributed by atoms with Crippen LogP contribution in [-0.2, 0) is 6.54 Å². The summed E-state index contributed by atoms with van der Waals surface area (Å²) in [7, 11) is 0. The lowest BCUT2D eigenvalue weighted by Crippen LogP contribution is -2.27. The maximum atomic E-state index is 13.3. The summed E-state index contributed by atoms with van der Waals surface area (Å²) in [6, 6.07) is 11.1. The highest BCUT2D eigenvalue weighted by Gasteiger charge is 2.19. The lowest BCUT2D eigenvalue weighted by atomic mass is 9.98. The molecule has 0 spiro atoms. The zero-order chi connectivity index (χ0) is 27.1. The van der Waals surface area contributed by atoms with Gasteiger partial charge in [-0.1, -0.05) is 23.7 Å². The number of aromatic carboxylic acids is 1. The van der Waals surface area contributed by atoms with Gasteiger partial charge in [-0.25, -0.2) is 9.78 Å². The number of carboxylic acid groups (broad SMARTS) is 1. The first-order valence-electron chi connectivity index (χ1n) is 11.6. The molecule has 3 aromatic heterocycles. The molecule has 0 saturated heterocycles. The van der Waals surface area contributed by atoms with Gasteiger partial charge < -0.3 is 9.84 Å². The number of benzene rings is 2. The molecule has 3 heterocycles. The normalized spacial score (nSPS) is 11.1. The third kappa shape index (κ3) is 4.28. The van der Waals surface area contributed by atoms with Gasteiger partial charge in [0.15, 0.2) is 0 Å². The number of aryl methyl sites for hydroxylation is 3.